The van der Waals surface area contributed by atoms with Gasteiger partial charge in [0.15, 0.2) is 10.9 Å². The Morgan fingerprint density at radius 1 is 1.11 bits per heavy atom. The molecule has 0 fully saturated rings. The molecule has 0 aliphatic heterocycles. The maximum Gasteiger partial charge on any atom is 0.433 e. The van der Waals surface area contributed by atoms with Crippen molar-refractivity contribution in [2.24, 2.45) is 0 Å². The number of nitrogens with zero attached hydrogens (tertiary/aromatic N) is 2. The average molecular weight is 411 g/mol. The zero-order chi connectivity index (χ0) is 20.6. The number of amides is 1. The van der Waals surface area contributed by atoms with Crippen LogP contribution < -0.4 is 5.32 Å². The van der Waals surface area contributed by atoms with Crippen molar-refractivity contribution in [2.75, 3.05) is 11.1 Å². The van der Waals surface area contributed by atoms with E-state index in [0.29, 0.717) is 17.7 Å². The molecule has 1 aromatic carbocycles. The van der Waals surface area contributed by atoms with E-state index in [4.69, 9.17) is 0 Å². The maximum absolute atomic E-state index is 12.7. The molecule has 150 valence electrons. The lowest BCUT2D eigenvalue weighted by Gasteiger charge is -2.07. The number of carbonyl (C=O) groups is 2. The zero-order valence-corrected chi connectivity index (χ0v) is 16.1. The van der Waals surface area contributed by atoms with Crippen molar-refractivity contribution in [2.45, 2.75) is 43.9 Å². The summed E-state index contributed by atoms with van der Waals surface area (Å²) in [6.07, 6.45) is -0.239. The van der Waals surface area contributed by atoms with Crippen molar-refractivity contribution in [1.82, 2.24) is 9.97 Å². The van der Waals surface area contributed by atoms with Gasteiger partial charge < -0.3 is 5.32 Å². The van der Waals surface area contributed by atoms with Gasteiger partial charge >= 0.3 is 6.18 Å². The SMILES string of the molecule is CCCCCC(=O)Nc1ccc(C(=O)CSc2nccc(C(F)(F)F)n2)cc1. The fourth-order valence-corrected chi connectivity index (χ4v) is 3.01. The standard InChI is InChI=1S/C19H20F3N3O2S/c1-2-3-4-5-17(27)24-14-8-6-13(7-9-14)15(26)12-28-18-23-11-10-16(25-18)19(20,21)22/h6-11H,2-5,12H2,1H3,(H,24,27). The largest absolute Gasteiger partial charge is 0.433 e. The van der Waals surface area contributed by atoms with Gasteiger partial charge in [0.05, 0.1) is 5.75 Å². The van der Waals surface area contributed by atoms with E-state index in [1.807, 2.05) is 0 Å². The van der Waals surface area contributed by atoms with Gasteiger partial charge in [0.2, 0.25) is 5.91 Å². The first-order valence-electron chi connectivity index (χ1n) is 8.75. The van der Waals surface area contributed by atoms with Crippen LogP contribution in [0, 0.1) is 0 Å². The molecule has 0 saturated carbocycles. The first-order valence-corrected chi connectivity index (χ1v) is 9.74. The third-order valence-electron chi connectivity index (χ3n) is 3.75. The van der Waals surface area contributed by atoms with Crippen LogP contribution in [0.5, 0.6) is 0 Å². The van der Waals surface area contributed by atoms with E-state index in [-0.39, 0.29) is 22.6 Å². The third kappa shape index (κ3) is 6.95. The number of Topliss-reactive ketones (excluding diaryl/α,β-unsaturated/α-hetero) is 1. The van der Waals surface area contributed by atoms with Crippen molar-refractivity contribution in [3.05, 3.63) is 47.8 Å². The number of ketones is 1. The van der Waals surface area contributed by atoms with Crippen molar-refractivity contribution >= 4 is 29.1 Å². The minimum absolute atomic E-state index is 0.0789. The van der Waals surface area contributed by atoms with Crippen LogP contribution in [0.2, 0.25) is 0 Å². The van der Waals surface area contributed by atoms with Crippen LogP contribution in [0.1, 0.15) is 48.7 Å². The van der Waals surface area contributed by atoms with Crippen LogP contribution in [0.25, 0.3) is 0 Å². The van der Waals surface area contributed by atoms with E-state index in [1.54, 1.807) is 24.3 Å². The summed E-state index contributed by atoms with van der Waals surface area (Å²) in [6, 6.07) is 7.16. The summed E-state index contributed by atoms with van der Waals surface area (Å²) in [4.78, 5) is 31.2. The van der Waals surface area contributed by atoms with E-state index in [9.17, 15) is 22.8 Å². The predicted molar refractivity (Wildman–Crippen MR) is 101 cm³/mol. The highest BCUT2D eigenvalue weighted by molar-refractivity contribution is 7.99. The number of halogens is 3. The molecule has 0 unspecified atom stereocenters. The molecular formula is C19H20F3N3O2S. The number of anilines is 1. The maximum atomic E-state index is 12.7. The average Bonchev–Trinajstić information content (AvgIpc) is 2.66. The van der Waals surface area contributed by atoms with Crippen molar-refractivity contribution < 1.29 is 22.8 Å². The number of aromatic nitrogens is 2. The molecule has 2 aromatic rings. The van der Waals surface area contributed by atoms with Crippen molar-refractivity contribution in [3.63, 3.8) is 0 Å². The Bertz CT molecular complexity index is 811. The molecule has 28 heavy (non-hydrogen) atoms. The second kappa shape index (κ2) is 10.2. The Hall–Kier alpha value is -2.42. The van der Waals surface area contributed by atoms with Crippen molar-refractivity contribution in [3.8, 4) is 0 Å². The molecule has 0 radical (unpaired) electrons. The Balaban J connectivity index is 1.88. The molecular weight excluding hydrogens is 391 g/mol. The Morgan fingerprint density at radius 2 is 1.82 bits per heavy atom. The molecule has 0 aliphatic carbocycles. The van der Waals surface area contributed by atoms with E-state index < -0.39 is 11.9 Å². The number of benzene rings is 1. The van der Waals surface area contributed by atoms with Crippen LogP contribution in [0.3, 0.4) is 0 Å². The number of nitrogens with one attached hydrogen (secondary N) is 1. The summed E-state index contributed by atoms with van der Waals surface area (Å²) >= 11 is 0.838. The molecule has 0 bridgehead atoms. The van der Waals surface area contributed by atoms with E-state index >= 15 is 0 Å². The minimum atomic E-state index is -4.56. The predicted octanol–water partition coefficient (Wildman–Crippen LogP) is 4.99. The monoisotopic (exact) mass is 411 g/mol. The fourth-order valence-electron chi connectivity index (χ4n) is 2.28. The van der Waals surface area contributed by atoms with Gasteiger partial charge in [-0.05, 0) is 36.8 Å². The number of hydrogen-bond donors (Lipinski definition) is 1. The number of alkyl halides is 3. The molecule has 1 aromatic heterocycles. The Morgan fingerprint density at radius 3 is 2.46 bits per heavy atom. The van der Waals surface area contributed by atoms with Crippen LogP contribution >= 0.6 is 11.8 Å². The highest BCUT2D eigenvalue weighted by Gasteiger charge is 2.32. The van der Waals surface area contributed by atoms with Gasteiger partial charge in [0.25, 0.3) is 0 Å². The van der Waals surface area contributed by atoms with Gasteiger partial charge in [-0.2, -0.15) is 13.2 Å². The summed E-state index contributed by atoms with van der Waals surface area (Å²) in [5, 5.41) is 2.65. The highest BCUT2D eigenvalue weighted by atomic mass is 32.2. The van der Waals surface area contributed by atoms with Gasteiger partial charge in [0.1, 0.15) is 5.69 Å². The fraction of sp³-hybridized carbons (Fsp3) is 0.368. The molecule has 0 saturated heterocycles. The van der Waals surface area contributed by atoms with Gasteiger partial charge in [-0.1, -0.05) is 31.5 Å². The molecule has 9 heteroatoms. The molecule has 0 aliphatic rings. The lowest BCUT2D eigenvalue weighted by atomic mass is 10.1. The van der Waals surface area contributed by atoms with Crippen LogP contribution in [0.15, 0.2) is 41.7 Å². The van der Waals surface area contributed by atoms with Gasteiger partial charge in [-0.3, -0.25) is 9.59 Å². The minimum Gasteiger partial charge on any atom is -0.326 e. The molecule has 1 heterocycles. The molecule has 5 nitrogen and oxygen atoms in total. The summed E-state index contributed by atoms with van der Waals surface area (Å²) in [5.74, 6) is -0.444. The number of rotatable bonds is 9. The molecule has 1 amide bonds. The van der Waals surface area contributed by atoms with Gasteiger partial charge in [-0.15, -0.1) is 0 Å². The summed E-state index contributed by atoms with van der Waals surface area (Å²) in [5.41, 5.74) is -0.0631. The Kier molecular flexibility index (Phi) is 7.98. The quantitative estimate of drug-likeness (QED) is 0.272. The first-order chi connectivity index (χ1) is 13.3. The molecule has 0 atom stereocenters. The third-order valence-corrected chi connectivity index (χ3v) is 4.62. The smallest absolute Gasteiger partial charge is 0.326 e. The highest BCUT2D eigenvalue weighted by Crippen LogP contribution is 2.28. The number of thioether (sulfide) groups is 1. The second-order valence-corrected chi connectivity index (χ2v) is 6.96. The summed E-state index contributed by atoms with van der Waals surface area (Å²) in [7, 11) is 0. The normalized spacial score (nSPS) is 11.3. The second-order valence-electron chi connectivity index (χ2n) is 6.02. The summed E-state index contributed by atoms with van der Waals surface area (Å²) in [6.45, 7) is 2.06. The lowest BCUT2D eigenvalue weighted by molar-refractivity contribution is -0.141. The van der Waals surface area contributed by atoms with Crippen LogP contribution in [0.4, 0.5) is 18.9 Å². The molecule has 0 spiro atoms. The molecule has 2 rings (SSSR count). The first kappa shape index (κ1) is 21.9. The number of unbranched alkanes of at least 4 members (excludes halogenated alkanes) is 2. The molecule has 1 N–H and O–H groups in total. The Labute approximate surface area is 165 Å². The van der Waals surface area contributed by atoms with E-state index in [0.717, 1.165) is 43.3 Å². The van der Waals surface area contributed by atoms with Crippen LogP contribution in [-0.2, 0) is 11.0 Å². The van der Waals surface area contributed by atoms with Gasteiger partial charge in [0, 0.05) is 23.9 Å². The summed E-state index contributed by atoms with van der Waals surface area (Å²) < 4.78 is 38.0. The number of hydrogen-bond acceptors (Lipinski definition) is 5. The number of carbonyl (C=O) groups excluding carboxylic acids is 2. The topological polar surface area (TPSA) is 72.0 Å². The van der Waals surface area contributed by atoms with E-state index in [1.165, 1.54) is 0 Å². The van der Waals surface area contributed by atoms with Crippen molar-refractivity contribution in [1.29, 1.82) is 0 Å². The van der Waals surface area contributed by atoms with E-state index in [2.05, 4.69) is 22.2 Å². The van der Waals surface area contributed by atoms with Gasteiger partial charge in [-0.25, -0.2) is 9.97 Å². The lowest BCUT2D eigenvalue weighted by Crippen LogP contribution is -2.11. The van der Waals surface area contributed by atoms with Crippen LogP contribution in [-0.4, -0.2) is 27.4 Å². The zero-order valence-electron chi connectivity index (χ0n) is 15.3.